The van der Waals surface area contributed by atoms with E-state index < -0.39 is 0 Å². The van der Waals surface area contributed by atoms with Gasteiger partial charge in [-0.15, -0.1) is 0 Å². The van der Waals surface area contributed by atoms with Crippen molar-refractivity contribution in [1.29, 1.82) is 0 Å². The van der Waals surface area contributed by atoms with Gasteiger partial charge < -0.3 is 9.84 Å². The molecule has 27 heavy (non-hydrogen) atoms. The second-order valence-electron chi connectivity index (χ2n) is 7.70. The third kappa shape index (κ3) is 4.27. The Bertz CT molecular complexity index is 896. The average molecular weight is 384 g/mol. The monoisotopic (exact) mass is 383 g/mol. The molecule has 2 heterocycles. The molecule has 1 aliphatic heterocycles. The van der Waals surface area contributed by atoms with Gasteiger partial charge in [-0.2, -0.15) is 0 Å². The van der Waals surface area contributed by atoms with Gasteiger partial charge in [0.2, 0.25) is 0 Å². The van der Waals surface area contributed by atoms with Gasteiger partial charge in [-0.1, -0.05) is 54.7 Å². The number of aromatic nitrogens is 1. The van der Waals surface area contributed by atoms with Gasteiger partial charge >= 0.3 is 0 Å². The van der Waals surface area contributed by atoms with E-state index in [0.717, 1.165) is 53.3 Å². The van der Waals surface area contributed by atoms with Crippen molar-refractivity contribution >= 4 is 34.0 Å². The zero-order chi connectivity index (χ0) is 18.6. The summed E-state index contributed by atoms with van der Waals surface area (Å²) < 4.78 is 5.46. The van der Waals surface area contributed by atoms with E-state index >= 15 is 0 Å². The molecule has 1 aromatic heterocycles. The zero-order valence-electron chi connectivity index (χ0n) is 15.7. The number of aliphatic imine (C=N–C) groups is 1. The minimum absolute atomic E-state index is 0.535. The first-order chi connectivity index (χ1) is 13.2. The maximum atomic E-state index is 6.63. The van der Waals surface area contributed by atoms with Gasteiger partial charge in [0.1, 0.15) is 11.5 Å². The Morgan fingerprint density at radius 1 is 1.19 bits per heavy atom. The van der Waals surface area contributed by atoms with Crippen LogP contribution in [-0.2, 0) is 0 Å². The molecule has 1 N–H and O–H groups in total. The van der Waals surface area contributed by atoms with Crippen LogP contribution in [0.4, 0.5) is 0 Å². The maximum Gasteiger partial charge on any atom is 0.167 e. The summed E-state index contributed by atoms with van der Waals surface area (Å²) in [5.41, 5.74) is 2.47. The summed E-state index contributed by atoms with van der Waals surface area (Å²) >= 11 is 6.63. The number of hydrogen-bond acceptors (Lipinski definition) is 4. The second kappa shape index (κ2) is 8.30. The van der Waals surface area contributed by atoms with Crippen molar-refractivity contribution in [2.45, 2.75) is 57.9 Å². The number of para-hydroxylation sites is 1. The molecule has 1 aromatic carbocycles. The highest BCUT2D eigenvalue weighted by atomic mass is 35.5. The van der Waals surface area contributed by atoms with Gasteiger partial charge in [-0.3, -0.25) is 0 Å². The lowest BCUT2D eigenvalue weighted by molar-refractivity contribution is 0.325. The quantitative estimate of drug-likeness (QED) is 0.687. The molecule has 0 spiro atoms. The zero-order valence-corrected chi connectivity index (χ0v) is 16.5. The summed E-state index contributed by atoms with van der Waals surface area (Å²) in [5.74, 6) is 1.84. The van der Waals surface area contributed by atoms with Crippen molar-refractivity contribution in [2.75, 3.05) is 0 Å². The summed E-state index contributed by atoms with van der Waals surface area (Å²) in [6.45, 7) is 2.34. The van der Waals surface area contributed by atoms with E-state index in [1.807, 2.05) is 24.3 Å². The summed E-state index contributed by atoms with van der Waals surface area (Å²) in [5, 5.41) is 9.52. The predicted octanol–water partition coefficient (Wildman–Crippen LogP) is 6.04. The van der Waals surface area contributed by atoms with E-state index in [-0.39, 0.29) is 0 Å². The molecule has 1 saturated carbocycles. The molecular weight excluding hydrogens is 358 g/mol. The van der Waals surface area contributed by atoms with Crippen molar-refractivity contribution in [2.24, 2.45) is 10.9 Å². The Morgan fingerprint density at radius 3 is 2.96 bits per heavy atom. The van der Waals surface area contributed by atoms with Crippen LogP contribution in [0.2, 0.25) is 0 Å². The van der Waals surface area contributed by atoms with E-state index in [1.54, 1.807) is 6.20 Å². The van der Waals surface area contributed by atoms with Crippen molar-refractivity contribution in [3.8, 4) is 0 Å². The van der Waals surface area contributed by atoms with Gasteiger partial charge in [-0.05, 0) is 43.7 Å². The summed E-state index contributed by atoms with van der Waals surface area (Å²) in [7, 11) is 0. The molecule has 2 aromatic rings. The Morgan fingerprint density at radius 2 is 2.07 bits per heavy atom. The largest absolute Gasteiger partial charge is 0.371 e. The Labute approximate surface area is 165 Å². The number of halogens is 1. The van der Waals surface area contributed by atoms with E-state index in [2.05, 4.69) is 23.5 Å². The lowest BCUT2D eigenvalue weighted by Crippen LogP contribution is -2.37. The van der Waals surface area contributed by atoms with Gasteiger partial charge in [0.15, 0.2) is 5.58 Å². The van der Waals surface area contributed by atoms with Crippen LogP contribution >= 0.6 is 11.6 Å². The molecule has 1 fully saturated rings. The maximum absolute atomic E-state index is 6.63. The molecular formula is C22H26ClN3O. The molecule has 0 unspecified atom stereocenters. The van der Waals surface area contributed by atoms with E-state index in [1.165, 1.54) is 25.7 Å². The number of benzene rings is 1. The Kier molecular flexibility index (Phi) is 5.63. The van der Waals surface area contributed by atoms with Crippen LogP contribution in [0.1, 0.15) is 57.6 Å². The molecule has 0 saturated heterocycles. The first kappa shape index (κ1) is 18.3. The minimum Gasteiger partial charge on any atom is -0.371 e. The van der Waals surface area contributed by atoms with Gasteiger partial charge in [0, 0.05) is 29.6 Å². The van der Waals surface area contributed by atoms with Gasteiger partial charge in [0.05, 0.1) is 5.03 Å². The topological polar surface area (TPSA) is 50.4 Å². The van der Waals surface area contributed by atoms with Gasteiger partial charge in [0.25, 0.3) is 0 Å². The molecule has 0 bridgehead atoms. The van der Waals surface area contributed by atoms with Crippen LogP contribution in [0.3, 0.4) is 0 Å². The number of amidine groups is 1. The molecule has 4 rings (SSSR count). The molecule has 2 atom stereocenters. The molecule has 4 nitrogen and oxygen atoms in total. The Balaban J connectivity index is 1.57. The van der Waals surface area contributed by atoms with Crippen molar-refractivity contribution in [3.63, 3.8) is 0 Å². The highest BCUT2D eigenvalue weighted by Crippen LogP contribution is 2.32. The fraction of sp³-hybridized carbons (Fsp3) is 0.455. The van der Waals surface area contributed by atoms with Crippen molar-refractivity contribution in [3.05, 3.63) is 47.3 Å². The van der Waals surface area contributed by atoms with Crippen LogP contribution < -0.4 is 5.32 Å². The lowest BCUT2D eigenvalue weighted by Gasteiger charge is -2.28. The lowest BCUT2D eigenvalue weighted by atomic mass is 9.87. The first-order valence-corrected chi connectivity index (χ1v) is 10.3. The van der Waals surface area contributed by atoms with Crippen LogP contribution in [-0.4, -0.2) is 17.0 Å². The van der Waals surface area contributed by atoms with Gasteiger partial charge in [-0.25, -0.2) is 4.99 Å². The molecule has 1 aliphatic carbocycles. The standard InChI is InChI=1S/C22H26ClN3O/c1-15-7-6-8-16(13-15)25-21-12-5-3-9-17(19(23)14-24-21)22-18-10-2-4-11-20(18)27-26-22/h2,4,9-11,14-16H,3,5-8,12-13H2,1H3,(H,24,25)/b17-9+,19-14+/t15-,16+/m0/s1. The van der Waals surface area contributed by atoms with Crippen LogP contribution in [0.15, 0.2) is 51.1 Å². The molecule has 142 valence electrons. The normalized spacial score (nSPS) is 30.1. The molecule has 5 heteroatoms. The fourth-order valence-corrected chi connectivity index (χ4v) is 4.30. The first-order valence-electron chi connectivity index (χ1n) is 9.95. The van der Waals surface area contributed by atoms with E-state index in [9.17, 15) is 0 Å². The summed E-state index contributed by atoms with van der Waals surface area (Å²) in [6, 6.07) is 8.40. The van der Waals surface area contributed by atoms with Crippen LogP contribution in [0.25, 0.3) is 16.5 Å². The highest BCUT2D eigenvalue weighted by Gasteiger charge is 2.20. The number of nitrogens with one attached hydrogen (secondary N) is 1. The molecule has 0 amide bonds. The minimum atomic E-state index is 0.535. The number of fused-ring (bicyclic) bond motifs is 1. The number of hydrogen-bond donors (Lipinski definition) is 1. The van der Waals surface area contributed by atoms with Crippen molar-refractivity contribution < 1.29 is 4.52 Å². The SMILES string of the molecule is C[C@H]1CCC[C@@H](N/C2=N/C=C(Cl)\C(c3noc4ccccc34)=C/CCC2)C1. The van der Waals surface area contributed by atoms with Crippen LogP contribution in [0, 0.1) is 5.92 Å². The highest BCUT2D eigenvalue weighted by molar-refractivity contribution is 6.37. The van der Waals surface area contributed by atoms with E-state index in [0.29, 0.717) is 11.1 Å². The second-order valence-corrected chi connectivity index (χ2v) is 8.11. The predicted molar refractivity (Wildman–Crippen MR) is 112 cm³/mol. The number of rotatable bonds is 2. The summed E-state index contributed by atoms with van der Waals surface area (Å²) in [4.78, 5) is 4.70. The van der Waals surface area contributed by atoms with Crippen molar-refractivity contribution in [1.82, 2.24) is 10.5 Å². The fourth-order valence-electron chi connectivity index (χ4n) is 4.08. The number of nitrogens with zero attached hydrogens (tertiary/aromatic N) is 2. The average Bonchev–Trinajstić information content (AvgIpc) is 3.11. The number of allylic oxidation sites excluding steroid dienone is 3. The third-order valence-corrected chi connectivity index (χ3v) is 5.80. The summed E-state index contributed by atoms with van der Waals surface area (Å²) in [6.07, 6.45) is 11.9. The third-order valence-electron chi connectivity index (χ3n) is 5.50. The van der Waals surface area contributed by atoms with E-state index in [4.69, 9.17) is 21.1 Å². The Hall–Kier alpha value is -2.07. The smallest absolute Gasteiger partial charge is 0.167 e. The molecule has 0 radical (unpaired) electrons. The van der Waals surface area contributed by atoms with Crippen LogP contribution in [0.5, 0.6) is 0 Å². The molecule has 2 aliphatic rings.